The molecule has 1 N–H and O–H groups in total. The smallest absolute Gasteiger partial charge is 0.263 e. The molecular formula is C17H19BrN2O2. The zero-order chi connectivity index (χ0) is 15.9. The highest BCUT2D eigenvalue weighted by atomic mass is 79.9. The van der Waals surface area contributed by atoms with Gasteiger partial charge >= 0.3 is 0 Å². The first-order valence-corrected chi connectivity index (χ1v) is 8.02. The van der Waals surface area contributed by atoms with Crippen LogP contribution in [0.2, 0.25) is 0 Å². The third-order valence-electron chi connectivity index (χ3n) is 3.42. The third kappa shape index (κ3) is 4.56. The highest BCUT2D eigenvalue weighted by Crippen LogP contribution is 2.28. The number of benzene rings is 1. The van der Waals surface area contributed by atoms with Crippen molar-refractivity contribution in [2.75, 3.05) is 11.9 Å². The Hall–Kier alpha value is -1.88. The Bertz CT molecular complexity index is 629. The summed E-state index contributed by atoms with van der Waals surface area (Å²) < 4.78 is 6.53. The van der Waals surface area contributed by atoms with Gasteiger partial charge in [0.15, 0.2) is 6.61 Å². The van der Waals surface area contributed by atoms with Gasteiger partial charge in [0.1, 0.15) is 11.6 Å². The maximum atomic E-state index is 11.9. The van der Waals surface area contributed by atoms with Crippen LogP contribution in [0.4, 0.5) is 5.82 Å². The van der Waals surface area contributed by atoms with Crippen molar-refractivity contribution in [2.24, 2.45) is 0 Å². The molecule has 1 unspecified atom stereocenters. The summed E-state index contributed by atoms with van der Waals surface area (Å²) in [6, 6.07) is 11.4. The predicted molar refractivity (Wildman–Crippen MR) is 91.2 cm³/mol. The molecule has 0 spiro atoms. The zero-order valence-corrected chi connectivity index (χ0v) is 14.3. The second-order valence-corrected chi connectivity index (χ2v) is 5.96. The maximum absolute atomic E-state index is 11.9. The number of ether oxygens (including phenoxy) is 1. The first kappa shape index (κ1) is 16.5. The number of aromatic nitrogens is 1. The molecule has 0 aliphatic heterocycles. The minimum Gasteiger partial charge on any atom is -0.483 e. The summed E-state index contributed by atoms with van der Waals surface area (Å²) in [5, 5.41) is 2.71. The predicted octanol–water partition coefficient (Wildman–Crippen LogP) is 4.38. The average molecular weight is 363 g/mol. The monoisotopic (exact) mass is 362 g/mol. The van der Waals surface area contributed by atoms with E-state index in [-0.39, 0.29) is 12.5 Å². The molecule has 1 aromatic heterocycles. The standard InChI is InChI=1S/C17H19BrN2O2/c1-3-12(2)14-6-4-5-7-15(14)22-11-17(21)20-16-9-8-13(18)10-19-16/h4-10,12H,3,11H2,1-2H3,(H,19,20,21). The molecule has 1 heterocycles. The van der Waals surface area contributed by atoms with Crippen molar-refractivity contribution in [3.05, 3.63) is 52.6 Å². The van der Waals surface area contributed by atoms with Gasteiger partial charge in [-0.15, -0.1) is 0 Å². The lowest BCUT2D eigenvalue weighted by atomic mass is 9.98. The Morgan fingerprint density at radius 2 is 2.09 bits per heavy atom. The van der Waals surface area contributed by atoms with E-state index < -0.39 is 0 Å². The molecule has 0 bridgehead atoms. The van der Waals surface area contributed by atoms with Crippen LogP contribution in [0, 0.1) is 0 Å². The van der Waals surface area contributed by atoms with E-state index in [1.54, 1.807) is 12.3 Å². The van der Waals surface area contributed by atoms with Gasteiger partial charge in [-0.3, -0.25) is 4.79 Å². The Balaban J connectivity index is 1.95. The Morgan fingerprint density at radius 3 is 2.77 bits per heavy atom. The Labute approximate surface area is 139 Å². The number of hydrogen-bond acceptors (Lipinski definition) is 3. The number of pyridine rings is 1. The lowest BCUT2D eigenvalue weighted by Crippen LogP contribution is -2.21. The fraction of sp³-hybridized carbons (Fsp3) is 0.294. The number of hydrogen-bond donors (Lipinski definition) is 1. The summed E-state index contributed by atoms with van der Waals surface area (Å²) in [7, 11) is 0. The Morgan fingerprint density at radius 1 is 1.32 bits per heavy atom. The third-order valence-corrected chi connectivity index (χ3v) is 3.89. The van der Waals surface area contributed by atoms with Gasteiger partial charge in [0.05, 0.1) is 0 Å². The summed E-state index contributed by atoms with van der Waals surface area (Å²) in [4.78, 5) is 16.0. The molecule has 2 rings (SSSR count). The van der Waals surface area contributed by atoms with E-state index in [0.717, 1.165) is 22.2 Å². The number of carbonyl (C=O) groups is 1. The molecule has 0 radical (unpaired) electrons. The minimum atomic E-state index is -0.228. The Kier molecular flexibility index (Phi) is 5.95. The lowest BCUT2D eigenvalue weighted by molar-refractivity contribution is -0.118. The lowest BCUT2D eigenvalue weighted by Gasteiger charge is -2.15. The molecule has 4 nitrogen and oxygen atoms in total. The van der Waals surface area contributed by atoms with Crippen LogP contribution >= 0.6 is 15.9 Å². The van der Waals surface area contributed by atoms with Crippen LogP contribution in [0.3, 0.4) is 0 Å². The van der Waals surface area contributed by atoms with E-state index in [4.69, 9.17) is 4.74 Å². The molecule has 5 heteroatoms. The minimum absolute atomic E-state index is 0.0365. The van der Waals surface area contributed by atoms with E-state index in [0.29, 0.717) is 11.7 Å². The topological polar surface area (TPSA) is 51.2 Å². The number of anilines is 1. The van der Waals surface area contributed by atoms with Crippen molar-refractivity contribution in [3.8, 4) is 5.75 Å². The molecule has 0 saturated carbocycles. The number of nitrogens with zero attached hydrogens (tertiary/aromatic N) is 1. The highest BCUT2D eigenvalue weighted by molar-refractivity contribution is 9.10. The maximum Gasteiger partial charge on any atom is 0.263 e. The van der Waals surface area contributed by atoms with Crippen LogP contribution in [-0.4, -0.2) is 17.5 Å². The van der Waals surface area contributed by atoms with Crippen molar-refractivity contribution in [2.45, 2.75) is 26.2 Å². The van der Waals surface area contributed by atoms with E-state index in [1.807, 2.05) is 30.3 Å². The van der Waals surface area contributed by atoms with Crippen LogP contribution in [-0.2, 0) is 4.79 Å². The van der Waals surface area contributed by atoms with Crippen molar-refractivity contribution in [1.82, 2.24) is 4.98 Å². The molecule has 22 heavy (non-hydrogen) atoms. The highest BCUT2D eigenvalue weighted by Gasteiger charge is 2.11. The van der Waals surface area contributed by atoms with Gasteiger partial charge in [0.25, 0.3) is 5.91 Å². The normalized spacial score (nSPS) is 11.8. The van der Waals surface area contributed by atoms with Gasteiger partial charge in [-0.1, -0.05) is 32.0 Å². The number of halogens is 1. The fourth-order valence-electron chi connectivity index (χ4n) is 2.01. The van der Waals surface area contributed by atoms with Crippen LogP contribution in [0.25, 0.3) is 0 Å². The summed E-state index contributed by atoms with van der Waals surface area (Å²) in [5.74, 6) is 1.43. The SMILES string of the molecule is CCC(C)c1ccccc1OCC(=O)Nc1ccc(Br)cn1. The second kappa shape index (κ2) is 7.94. The molecule has 0 fully saturated rings. The van der Waals surface area contributed by atoms with Gasteiger partial charge < -0.3 is 10.1 Å². The van der Waals surface area contributed by atoms with Gasteiger partial charge in [0, 0.05) is 10.7 Å². The molecule has 0 aliphatic carbocycles. The van der Waals surface area contributed by atoms with Crippen molar-refractivity contribution in [1.29, 1.82) is 0 Å². The van der Waals surface area contributed by atoms with Gasteiger partial charge in [-0.2, -0.15) is 0 Å². The van der Waals surface area contributed by atoms with Crippen molar-refractivity contribution in [3.63, 3.8) is 0 Å². The van der Waals surface area contributed by atoms with E-state index in [2.05, 4.69) is 40.1 Å². The molecule has 1 amide bonds. The van der Waals surface area contributed by atoms with Gasteiger partial charge in [-0.05, 0) is 52.0 Å². The van der Waals surface area contributed by atoms with Gasteiger partial charge in [-0.25, -0.2) is 4.98 Å². The van der Waals surface area contributed by atoms with E-state index >= 15 is 0 Å². The molecule has 2 aromatic rings. The quantitative estimate of drug-likeness (QED) is 0.829. The van der Waals surface area contributed by atoms with Crippen LogP contribution in [0.5, 0.6) is 5.75 Å². The number of amides is 1. The largest absolute Gasteiger partial charge is 0.483 e. The van der Waals surface area contributed by atoms with Gasteiger partial charge in [0.2, 0.25) is 0 Å². The van der Waals surface area contributed by atoms with E-state index in [9.17, 15) is 4.79 Å². The zero-order valence-electron chi connectivity index (χ0n) is 12.7. The fourth-order valence-corrected chi connectivity index (χ4v) is 2.25. The number of rotatable bonds is 6. The molecular weight excluding hydrogens is 344 g/mol. The number of para-hydroxylation sites is 1. The van der Waals surface area contributed by atoms with E-state index in [1.165, 1.54) is 0 Å². The summed E-state index contributed by atoms with van der Waals surface area (Å²) in [6.07, 6.45) is 2.66. The second-order valence-electron chi connectivity index (χ2n) is 5.05. The molecule has 1 atom stereocenters. The molecule has 0 aliphatic rings. The van der Waals surface area contributed by atoms with Crippen LogP contribution < -0.4 is 10.1 Å². The average Bonchev–Trinajstić information content (AvgIpc) is 2.54. The number of carbonyl (C=O) groups excluding carboxylic acids is 1. The van der Waals surface area contributed by atoms with Crippen LogP contribution in [0.1, 0.15) is 31.7 Å². The van der Waals surface area contributed by atoms with Crippen molar-refractivity contribution < 1.29 is 9.53 Å². The summed E-state index contributed by atoms with van der Waals surface area (Å²) in [6.45, 7) is 4.24. The summed E-state index contributed by atoms with van der Waals surface area (Å²) >= 11 is 3.30. The summed E-state index contributed by atoms with van der Waals surface area (Å²) in [5.41, 5.74) is 1.12. The molecule has 0 saturated heterocycles. The number of nitrogens with one attached hydrogen (secondary N) is 1. The first-order chi connectivity index (χ1) is 10.6. The van der Waals surface area contributed by atoms with Crippen molar-refractivity contribution >= 4 is 27.7 Å². The first-order valence-electron chi connectivity index (χ1n) is 7.23. The molecule has 116 valence electrons. The molecule has 1 aromatic carbocycles. The van der Waals surface area contributed by atoms with Crippen LogP contribution in [0.15, 0.2) is 47.1 Å².